The topological polar surface area (TPSA) is 69.0 Å². The van der Waals surface area contributed by atoms with E-state index in [0.29, 0.717) is 17.1 Å². The lowest BCUT2D eigenvalue weighted by molar-refractivity contribution is 0.102. The number of halogens is 1. The summed E-state index contributed by atoms with van der Waals surface area (Å²) < 4.78 is 21.6. The Balaban J connectivity index is 1.63. The number of nitrogens with zero attached hydrogens (tertiary/aromatic N) is 3. The molecule has 144 valence electrons. The average Bonchev–Trinajstić information content (AvgIpc) is 2.97. The zero-order valence-corrected chi connectivity index (χ0v) is 15.6. The number of nitrogens with one attached hydrogen (secondary N) is 1. The third-order valence-corrected chi connectivity index (χ3v) is 4.91. The first kappa shape index (κ1) is 18.2. The molecule has 1 aliphatic heterocycles. The quantitative estimate of drug-likeness (QED) is 0.741. The Morgan fingerprint density at radius 1 is 1.14 bits per heavy atom. The highest BCUT2D eigenvalue weighted by Crippen LogP contribution is 2.27. The van der Waals surface area contributed by atoms with Gasteiger partial charge < -0.3 is 14.6 Å². The zero-order chi connectivity index (χ0) is 19.5. The fourth-order valence-corrected chi connectivity index (χ4v) is 3.42. The predicted octanol–water partition coefficient (Wildman–Crippen LogP) is 4.07. The van der Waals surface area contributed by atoms with Crippen LogP contribution in [0.25, 0.3) is 11.4 Å². The number of hydrogen-bond donors (Lipinski definition) is 1. The highest BCUT2D eigenvalue weighted by Gasteiger charge is 2.18. The maximum absolute atomic E-state index is 14.4. The minimum atomic E-state index is -0.504. The number of carbonyl (C=O) groups excluding carboxylic acids is 1. The molecule has 2 aromatic carbocycles. The van der Waals surface area contributed by atoms with Gasteiger partial charge in [-0.05, 0) is 49.2 Å². The van der Waals surface area contributed by atoms with E-state index in [0.717, 1.165) is 43.6 Å². The van der Waals surface area contributed by atoms with Crippen molar-refractivity contribution in [2.24, 2.45) is 0 Å². The number of hydrogen-bond acceptors (Lipinski definition) is 4. The predicted molar refractivity (Wildman–Crippen MR) is 104 cm³/mol. The van der Waals surface area contributed by atoms with Crippen molar-refractivity contribution < 1.29 is 13.9 Å². The molecule has 0 radical (unpaired) electrons. The Kier molecular flexibility index (Phi) is 5.06. The first-order valence-electron chi connectivity index (χ1n) is 9.33. The van der Waals surface area contributed by atoms with Crippen LogP contribution >= 0.6 is 0 Å². The molecule has 1 N–H and O–H groups in total. The molecule has 0 unspecified atom stereocenters. The zero-order valence-electron chi connectivity index (χ0n) is 15.6. The van der Waals surface area contributed by atoms with E-state index in [4.69, 9.17) is 4.74 Å². The molecule has 0 saturated heterocycles. The molecular weight excluding hydrogens is 359 g/mol. The molecule has 3 aromatic rings. The average molecular weight is 380 g/mol. The lowest BCUT2D eigenvalue weighted by atomic mass is 10.1. The number of aryl methyl sites for hydroxylation is 1. The molecule has 1 aliphatic rings. The van der Waals surface area contributed by atoms with Crippen LogP contribution in [-0.4, -0.2) is 27.8 Å². The Morgan fingerprint density at radius 3 is 2.89 bits per heavy atom. The first-order valence-corrected chi connectivity index (χ1v) is 9.33. The highest BCUT2D eigenvalue weighted by molar-refractivity contribution is 6.04. The van der Waals surface area contributed by atoms with Crippen molar-refractivity contribution in [3.8, 4) is 17.1 Å². The lowest BCUT2D eigenvalue weighted by Gasteiger charge is -2.11. The van der Waals surface area contributed by atoms with Crippen molar-refractivity contribution in [1.29, 1.82) is 0 Å². The molecule has 0 spiro atoms. The molecule has 0 aliphatic carbocycles. The van der Waals surface area contributed by atoms with Gasteiger partial charge in [-0.1, -0.05) is 12.5 Å². The van der Waals surface area contributed by atoms with Crippen molar-refractivity contribution in [3.05, 3.63) is 59.7 Å². The third kappa shape index (κ3) is 3.60. The molecule has 6 nitrogen and oxygen atoms in total. The van der Waals surface area contributed by atoms with E-state index in [2.05, 4.69) is 20.1 Å². The molecule has 0 bridgehead atoms. The van der Waals surface area contributed by atoms with Crippen LogP contribution in [0.15, 0.2) is 42.5 Å². The maximum Gasteiger partial charge on any atom is 0.255 e. The second-order valence-electron chi connectivity index (χ2n) is 6.78. The highest BCUT2D eigenvalue weighted by atomic mass is 19.1. The third-order valence-electron chi connectivity index (χ3n) is 4.91. The summed E-state index contributed by atoms with van der Waals surface area (Å²) in [6.07, 6.45) is 4.23. The lowest BCUT2D eigenvalue weighted by Crippen LogP contribution is -2.13. The fraction of sp³-hybridized carbons (Fsp3) is 0.286. The second-order valence-corrected chi connectivity index (χ2v) is 6.78. The van der Waals surface area contributed by atoms with E-state index in [9.17, 15) is 9.18 Å². The number of aromatic nitrogens is 3. The van der Waals surface area contributed by atoms with Crippen LogP contribution in [0.5, 0.6) is 5.75 Å². The monoisotopic (exact) mass is 380 g/mol. The van der Waals surface area contributed by atoms with Crippen molar-refractivity contribution in [2.45, 2.75) is 32.2 Å². The normalized spacial score (nSPS) is 13.5. The van der Waals surface area contributed by atoms with Gasteiger partial charge in [-0.3, -0.25) is 4.79 Å². The number of benzene rings is 2. The standard InChI is InChI=1S/C21H21FN4O2/c1-28-16-7-5-6-15(12-16)21(27)23-18-13-14(9-10-17(18)22)20-25-24-19-8-3-2-4-11-26(19)20/h5-7,9-10,12-13H,2-4,8,11H2,1H3,(H,23,27). The number of carbonyl (C=O) groups is 1. The number of methoxy groups -OCH3 is 1. The van der Waals surface area contributed by atoms with Crippen LogP contribution in [0, 0.1) is 5.82 Å². The number of anilines is 1. The minimum absolute atomic E-state index is 0.108. The van der Waals surface area contributed by atoms with Crippen molar-refractivity contribution >= 4 is 11.6 Å². The first-order chi connectivity index (χ1) is 13.7. The molecular formula is C21H21FN4O2. The van der Waals surface area contributed by atoms with Crippen molar-refractivity contribution in [2.75, 3.05) is 12.4 Å². The van der Waals surface area contributed by atoms with Gasteiger partial charge in [-0.25, -0.2) is 4.39 Å². The second kappa shape index (κ2) is 7.80. The van der Waals surface area contributed by atoms with Crippen LogP contribution in [-0.2, 0) is 13.0 Å². The summed E-state index contributed by atoms with van der Waals surface area (Å²) in [5.74, 6) is 1.31. The summed E-state index contributed by atoms with van der Waals surface area (Å²) >= 11 is 0. The van der Waals surface area contributed by atoms with Crippen LogP contribution < -0.4 is 10.1 Å². The SMILES string of the molecule is COc1cccc(C(=O)Nc2cc(-c3nnc4n3CCCCC4)ccc2F)c1. The van der Waals surface area contributed by atoms with Gasteiger partial charge in [0.2, 0.25) is 0 Å². The summed E-state index contributed by atoms with van der Waals surface area (Å²) in [6.45, 7) is 0.848. The largest absolute Gasteiger partial charge is 0.497 e. The van der Waals surface area contributed by atoms with E-state index in [1.165, 1.54) is 13.2 Å². The molecule has 0 fully saturated rings. The van der Waals surface area contributed by atoms with E-state index in [1.54, 1.807) is 36.4 Å². The Bertz CT molecular complexity index is 1020. The van der Waals surface area contributed by atoms with Crippen LogP contribution in [0.1, 0.15) is 35.4 Å². The van der Waals surface area contributed by atoms with Gasteiger partial charge in [0.1, 0.15) is 17.4 Å². The van der Waals surface area contributed by atoms with E-state index in [-0.39, 0.29) is 5.69 Å². The van der Waals surface area contributed by atoms with Gasteiger partial charge in [0.05, 0.1) is 12.8 Å². The summed E-state index contributed by atoms with van der Waals surface area (Å²) in [7, 11) is 1.53. The summed E-state index contributed by atoms with van der Waals surface area (Å²) in [6, 6.07) is 11.3. The van der Waals surface area contributed by atoms with E-state index >= 15 is 0 Å². The summed E-state index contributed by atoms with van der Waals surface area (Å²) in [5, 5.41) is 11.2. The van der Waals surface area contributed by atoms with Gasteiger partial charge in [0.25, 0.3) is 5.91 Å². The van der Waals surface area contributed by atoms with E-state index in [1.807, 2.05) is 0 Å². The molecule has 0 atom stereocenters. The Hall–Kier alpha value is -3.22. The van der Waals surface area contributed by atoms with Crippen LogP contribution in [0.3, 0.4) is 0 Å². The van der Waals surface area contributed by atoms with Crippen LogP contribution in [0.2, 0.25) is 0 Å². The molecule has 1 amide bonds. The van der Waals surface area contributed by atoms with Crippen molar-refractivity contribution in [1.82, 2.24) is 14.8 Å². The molecule has 0 saturated carbocycles. The molecule has 1 aromatic heterocycles. The van der Waals surface area contributed by atoms with Gasteiger partial charge in [0, 0.05) is 24.1 Å². The van der Waals surface area contributed by atoms with Gasteiger partial charge in [-0.15, -0.1) is 10.2 Å². The van der Waals surface area contributed by atoms with Gasteiger partial charge in [0.15, 0.2) is 5.82 Å². The number of rotatable bonds is 4. The molecule has 28 heavy (non-hydrogen) atoms. The fourth-order valence-electron chi connectivity index (χ4n) is 3.42. The number of fused-ring (bicyclic) bond motifs is 1. The summed E-state index contributed by atoms with van der Waals surface area (Å²) in [4.78, 5) is 12.5. The molecule has 4 rings (SSSR count). The van der Waals surface area contributed by atoms with Crippen molar-refractivity contribution in [3.63, 3.8) is 0 Å². The van der Waals surface area contributed by atoms with Crippen LogP contribution in [0.4, 0.5) is 10.1 Å². The van der Waals surface area contributed by atoms with E-state index < -0.39 is 11.7 Å². The molecule has 7 heteroatoms. The Labute approximate surface area is 162 Å². The molecule has 2 heterocycles. The number of ether oxygens (including phenoxy) is 1. The summed E-state index contributed by atoms with van der Waals surface area (Å²) in [5.41, 5.74) is 1.22. The van der Waals surface area contributed by atoms with Gasteiger partial charge in [-0.2, -0.15) is 0 Å². The number of amides is 1. The Morgan fingerprint density at radius 2 is 2.04 bits per heavy atom. The minimum Gasteiger partial charge on any atom is -0.497 e. The maximum atomic E-state index is 14.4. The van der Waals surface area contributed by atoms with Gasteiger partial charge >= 0.3 is 0 Å². The smallest absolute Gasteiger partial charge is 0.255 e.